The molecule has 104 valence electrons. The van der Waals surface area contributed by atoms with E-state index >= 15 is 0 Å². The first kappa shape index (κ1) is 12.0. The Bertz CT molecular complexity index is 862. The number of hydrogen-bond donors (Lipinski definition) is 1. The zero-order chi connectivity index (χ0) is 14.4. The third-order valence-electron chi connectivity index (χ3n) is 3.71. The maximum Gasteiger partial charge on any atom is 0.231 e. The highest BCUT2D eigenvalue weighted by atomic mass is 16.7. The molecular formula is C16H13N3O2. The summed E-state index contributed by atoms with van der Waals surface area (Å²) in [5.41, 5.74) is 9.52. The van der Waals surface area contributed by atoms with Crippen molar-refractivity contribution in [2.24, 2.45) is 0 Å². The number of ether oxygens (including phenoxy) is 2. The molecule has 1 aliphatic heterocycles. The first-order chi connectivity index (χ1) is 10.2. The highest BCUT2D eigenvalue weighted by Crippen LogP contribution is 2.38. The van der Waals surface area contributed by atoms with Crippen molar-refractivity contribution in [3.05, 3.63) is 42.1 Å². The Balaban J connectivity index is 1.98. The van der Waals surface area contributed by atoms with Gasteiger partial charge in [0.1, 0.15) is 5.69 Å². The van der Waals surface area contributed by atoms with Crippen LogP contribution >= 0.6 is 0 Å². The number of nitrogen functional groups attached to an aromatic ring is 1. The predicted molar refractivity (Wildman–Crippen MR) is 80.2 cm³/mol. The minimum absolute atomic E-state index is 0.249. The lowest BCUT2D eigenvalue weighted by Crippen LogP contribution is -1.93. The number of aryl methyl sites for hydroxylation is 1. The Morgan fingerprint density at radius 1 is 1.10 bits per heavy atom. The minimum atomic E-state index is 0.249. The largest absolute Gasteiger partial charge is 0.454 e. The van der Waals surface area contributed by atoms with E-state index in [0.717, 1.165) is 44.8 Å². The smallest absolute Gasteiger partial charge is 0.231 e. The Labute approximate surface area is 121 Å². The molecule has 5 nitrogen and oxygen atoms in total. The van der Waals surface area contributed by atoms with Crippen LogP contribution in [0.1, 0.15) is 5.56 Å². The maximum atomic E-state index is 6.00. The summed E-state index contributed by atoms with van der Waals surface area (Å²) in [6.45, 7) is 2.23. The summed E-state index contributed by atoms with van der Waals surface area (Å²) in [5.74, 6) is 1.47. The van der Waals surface area contributed by atoms with Gasteiger partial charge in [0.05, 0.1) is 6.20 Å². The molecule has 0 fully saturated rings. The van der Waals surface area contributed by atoms with Crippen LogP contribution in [0.2, 0.25) is 0 Å². The fourth-order valence-corrected chi connectivity index (χ4v) is 2.47. The van der Waals surface area contributed by atoms with Crippen LogP contribution in [-0.2, 0) is 0 Å². The van der Waals surface area contributed by atoms with Crippen LogP contribution in [0.15, 0.2) is 36.5 Å². The van der Waals surface area contributed by atoms with Gasteiger partial charge in [-0.25, -0.2) is 0 Å². The first-order valence-corrected chi connectivity index (χ1v) is 6.64. The zero-order valence-electron chi connectivity index (χ0n) is 11.5. The third kappa shape index (κ3) is 1.86. The van der Waals surface area contributed by atoms with E-state index in [9.17, 15) is 0 Å². The normalized spacial score (nSPS) is 12.8. The van der Waals surface area contributed by atoms with Crippen LogP contribution in [0.25, 0.3) is 22.0 Å². The fraction of sp³-hybridized carbons (Fsp3) is 0.125. The molecular weight excluding hydrogens is 266 g/mol. The van der Waals surface area contributed by atoms with Crippen LogP contribution in [0.4, 0.5) is 5.69 Å². The summed E-state index contributed by atoms with van der Waals surface area (Å²) in [7, 11) is 0. The second-order valence-corrected chi connectivity index (χ2v) is 5.06. The average Bonchev–Trinajstić information content (AvgIpc) is 2.94. The van der Waals surface area contributed by atoms with Gasteiger partial charge in [-0.05, 0) is 30.7 Å². The molecule has 0 unspecified atom stereocenters. The molecule has 0 bridgehead atoms. The van der Waals surface area contributed by atoms with Gasteiger partial charge in [0.25, 0.3) is 0 Å². The zero-order valence-corrected chi connectivity index (χ0v) is 11.5. The molecule has 0 amide bonds. The van der Waals surface area contributed by atoms with Crippen LogP contribution in [0, 0.1) is 6.92 Å². The van der Waals surface area contributed by atoms with E-state index < -0.39 is 0 Å². The van der Waals surface area contributed by atoms with E-state index in [1.165, 1.54) is 0 Å². The van der Waals surface area contributed by atoms with Crippen LogP contribution < -0.4 is 15.2 Å². The molecule has 21 heavy (non-hydrogen) atoms. The third-order valence-corrected chi connectivity index (χ3v) is 3.71. The summed E-state index contributed by atoms with van der Waals surface area (Å²) in [6, 6.07) is 9.77. The Kier molecular flexibility index (Phi) is 2.47. The van der Waals surface area contributed by atoms with Crippen molar-refractivity contribution in [2.45, 2.75) is 6.92 Å². The van der Waals surface area contributed by atoms with E-state index in [-0.39, 0.29) is 6.79 Å². The van der Waals surface area contributed by atoms with E-state index in [1.807, 2.05) is 37.3 Å². The number of anilines is 1. The highest BCUT2D eigenvalue weighted by molar-refractivity contribution is 5.96. The summed E-state index contributed by atoms with van der Waals surface area (Å²) in [4.78, 5) is 0. The predicted octanol–water partition coefficient (Wildman–Crippen LogP) is 2.92. The van der Waals surface area contributed by atoms with Gasteiger partial charge < -0.3 is 15.2 Å². The molecule has 0 aliphatic carbocycles. The fourth-order valence-electron chi connectivity index (χ4n) is 2.47. The second-order valence-electron chi connectivity index (χ2n) is 5.06. The number of rotatable bonds is 1. The highest BCUT2D eigenvalue weighted by Gasteiger charge is 2.17. The standard InChI is InChI=1S/C16H13N3O2/c1-9-2-3-10(4-13(9)17)16-12-6-15-14(20-8-21-15)5-11(12)7-18-19-16/h2-7H,8,17H2,1H3. The molecule has 2 heterocycles. The summed E-state index contributed by atoms with van der Waals surface area (Å²) >= 11 is 0. The quantitative estimate of drug-likeness (QED) is 0.693. The molecule has 1 aromatic heterocycles. The Hall–Kier alpha value is -2.82. The van der Waals surface area contributed by atoms with Gasteiger partial charge in [0, 0.05) is 22.0 Å². The number of nitrogens with zero attached hydrogens (tertiary/aromatic N) is 2. The number of hydrogen-bond acceptors (Lipinski definition) is 5. The SMILES string of the molecule is Cc1ccc(-c2nncc3cc4c(cc23)OCO4)cc1N. The topological polar surface area (TPSA) is 70.3 Å². The van der Waals surface area contributed by atoms with Crippen molar-refractivity contribution >= 4 is 16.5 Å². The molecule has 0 radical (unpaired) electrons. The van der Waals surface area contributed by atoms with Gasteiger partial charge in [-0.15, -0.1) is 5.10 Å². The van der Waals surface area contributed by atoms with Gasteiger partial charge >= 0.3 is 0 Å². The van der Waals surface area contributed by atoms with E-state index in [0.29, 0.717) is 0 Å². The molecule has 2 N–H and O–H groups in total. The van der Waals surface area contributed by atoms with Crippen LogP contribution in [-0.4, -0.2) is 17.0 Å². The molecule has 5 heteroatoms. The number of benzene rings is 2. The lowest BCUT2D eigenvalue weighted by atomic mass is 10.0. The number of nitrogens with two attached hydrogens (primary N) is 1. The van der Waals surface area contributed by atoms with Gasteiger partial charge in [-0.1, -0.05) is 12.1 Å². The lowest BCUT2D eigenvalue weighted by molar-refractivity contribution is 0.174. The van der Waals surface area contributed by atoms with Crippen LogP contribution in [0.5, 0.6) is 11.5 Å². The summed E-state index contributed by atoms with van der Waals surface area (Å²) < 4.78 is 10.8. The van der Waals surface area contributed by atoms with Gasteiger partial charge in [0.2, 0.25) is 6.79 Å². The average molecular weight is 279 g/mol. The van der Waals surface area contributed by atoms with Crippen molar-refractivity contribution < 1.29 is 9.47 Å². The summed E-state index contributed by atoms with van der Waals surface area (Å²) in [5, 5.41) is 10.3. The molecule has 0 spiro atoms. The van der Waals surface area contributed by atoms with Crippen molar-refractivity contribution in [3.8, 4) is 22.8 Å². The molecule has 3 aromatic rings. The van der Waals surface area contributed by atoms with Crippen LogP contribution in [0.3, 0.4) is 0 Å². The molecule has 0 saturated carbocycles. The van der Waals surface area contributed by atoms with Crippen molar-refractivity contribution in [2.75, 3.05) is 12.5 Å². The molecule has 1 aliphatic rings. The van der Waals surface area contributed by atoms with Gasteiger partial charge in [-0.3, -0.25) is 0 Å². The summed E-state index contributed by atoms with van der Waals surface area (Å²) in [6.07, 6.45) is 1.72. The van der Waals surface area contributed by atoms with Crippen molar-refractivity contribution in [1.29, 1.82) is 0 Å². The lowest BCUT2D eigenvalue weighted by Gasteiger charge is -2.08. The first-order valence-electron chi connectivity index (χ1n) is 6.64. The van der Waals surface area contributed by atoms with Gasteiger partial charge in [-0.2, -0.15) is 5.10 Å². The second kappa shape index (κ2) is 4.34. The minimum Gasteiger partial charge on any atom is -0.454 e. The van der Waals surface area contributed by atoms with Crippen molar-refractivity contribution in [1.82, 2.24) is 10.2 Å². The van der Waals surface area contributed by atoms with Gasteiger partial charge in [0.15, 0.2) is 11.5 Å². The number of fused-ring (bicyclic) bond motifs is 2. The van der Waals surface area contributed by atoms with E-state index in [2.05, 4.69) is 10.2 Å². The molecule has 0 atom stereocenters. The molecule has 0 saturated heterocycles. The molecule has 2 aromatic carbocycles. The van der Waals surface area contributed by atoms with E-state index in [4.69, 9.17) is 15.2 Å². The van der Waals surface area contributed by atoms with E-state index in [1.54, 1.807) is 6.20 Å². The Morgan fingerprint density at radius 2 is 1.90 bits per heavy atom. The maximum absolute atomic E-state index is 6.00. The number of aromatic nitrogens is 2. The Morgan fingerprint density at radius 3 is 2.71 bits per heavy atom. The van der Waals surface area contributed by atoms with Crippen molar-refractivity contribution in [3.63, 3.8) is 0 Å². The molecule has 4 rings (SSSR count). The monoisotopic (exact) mass is 279 g/mol.